The topological polar surface area (TPSA) is 0 Å². The van der Waals surface area contributed by atoms with Crippen LogP contribution in [0, 0.1) is 0 Å². The largest absolute Gasteiger partial charge is 0 e. The second-order valence-corrected chi connectivity index (χ2v) is 1.05. The van der Waals surface area contributed by atoms with Crippen LogP contribution in [-0.2, 0) is 19.2 Å². The van der Waals surface area contributed by atoms with Crippen LogP contribution in [0.5, 0.6) is 0 Å². The van der Waals surface area contributed by atoms with Gasteiger partial charge in [-0.05, 0) is 0 Å². The minimum Gasteiger partial charge on any atom is 0 e. The molecule has 1 radical (unpaired) electrons. The molecule has 0 N–H and O–H groups in total. The SMILES string of the molecule is C=C[CH2][Pd].[Cl]. The summed E-state index contributed by atoms with van der Waals surface area (Å²) in [6, 6.07) is 0. The van der Waals surface area contributed by atoms with E-state index in [1.54, 1.807) is 0 Å². The molecule has 0 rings (SSSR count). The van der Waals surface area contributed by atoms with Crippen molar-refractivity contribution >= 4 is 12.4 Å². The van der Waals surface area contributed by atoms with Gasteiger partial charge >= 0.3 is 36.8 Å². The number of halogens is 1. The summed E-state index contributed by atoms with van der Waals surface area (Å²) in [5.74, 6) is 0. The van der Waals surface area contributed by atoms with Gasteiger partial charge in [-0.15, -0.1) is 0 Å². The van der Waals surface area contributed by atoms with E-state index in [4.69, 9.17) is 0 Å². The molecule has 0 heterocycles. The van der Waals surface area contributed by atoms with Crippen molar-refractivity contribution in [3.8, 4) is 0 Å². The zero-order valence-electron chi connectivity index (χ0n) is 2.69. The van der Waals surface area contributed by atoms with Crippen LogP contribution in [0.25, 0.3) is 0 Å². The zero-order chi connectivity index (χ0) is 3.41. The van der Waals surface area contributed by atoms with Gasteiger partial charge in [0.15, 0.2) is 0 Å². The zero-order valence-corrected chi connectivity index (χ0v) is 5.00. The van der Waals surface area contributed by atoms with E-state index >= 15 is 0 Å². The predicted octanol–water partition coefficient (Wildman–Crippen LogP) is 1.83. The summed E-state index contributed by atoms with van der Waals surface area (Å²) >= 11 is 2.92. The molecule has 0 aliphatic carbocycles. The van der Waals surface area contributed by atoms with E-state index in [2.05, 4.69) is 25.8 Å². The second kappa shape index (κ2) is 8.83. The van der Waals surface area contributed by atoms with Gasteiger partial charge in [-0.2, -0.15) is 0 Å². The second-order valence-electron chi connectivity index (χ2n) is 0.418. The third kappa shape index (κ3) is 11.9. The van der Waals surface area contributed by atoms with Crippen LogP contribution in [-0.4, -0.2) is 0 Å². The van der Waals surface area contributed by atoms with Crippen LogP contribution in [0.2, 0.25) is 4.89 Å². The molecule has 0 unspecified atom stereocenters. The van der Waals surface area contributed by atoms with Crippen molar-refractivity contribution < 1.29 is 19.2 Å². The first-order valence-corrected chi connectivity index (χ1v) is 2.14. The minimum absolute atomic E-state index is 0. The Labute approximate surface area is 49.5 Å². The fourth-order valence-corrected chi connectivity index (χ4v) is 0. The Hall–Kier alpha value is 0.692. The molecule has 0 aromatic heterocycles. The maximum absolute atomic E-state index is 3.44. The Balaban J connectivity index is 0. The molecule has 34 valence electrons. The molecule has 0 atom stereocenters. The van der Waals surface area contributed by atoms with Gasteiger partial charge in [0.05, 0.1) is 0 Å². The molecule has 0 saturated carbocycles. The summed E-state index contributed by atoms with van der Waals surface area (Å²) in [5.41, 5.74) is 0. The van der Waals surface area contributed by atoms with Gasteiger partial charge in [0.25, 0.3) is 0 Å². The van der Waals surface area contributed by atoms with Gasteiger partial charge in [-0.25, -0.2) is 0 Å². The van der Waals surface area contributed by atoms with Crippen LogP contribution in [0.15, 0.2) is 12.7 Å². The normalized spacial score (nSPS) is 5.20. The first kappa shape index (κ1) is 9.19. The van der Waals surface area contributed by atoms with Crippen LogP contribution < -0.4 is 0 Å². The Morgan fingerprint density at radius 2 is 2.00 bits per heavy atom. The first-order valence-electron chi connectivity index (χ1n) is 1.04. The van der Waals surface area contributed by atoms with Crippen molar-refractivity contribution in [3.63, 3.8) is 0 Å². The number of hydrogen-bond acceptors (Lipinski definition) is 0. The molecule has 0 aromatic carbocycles. The van der Waals surface area contributed by atoms with E-state index in [1.165, 1.54) is 0 Å². The number of hydrogen-bond donors (Lipinski definition) is 0. The van der Waals surface area contributed by atoms with E-state index in [-0.39, 0.29) is 12.4 Å². The van der Waals surface area contributed by atoms with E-state index in [0.29, 0.717) is 0 Å². The van der Waals surface area contributed by atoms with Gasteiger partial charge < -0.3 is 0 Å². The maximum atomic E-state index is 3.44. The fourth-order valence-electron chi connectivity index (χ4n) is 0. The van der Waals surface area contributed by atoms with Gasteiger partial charge in [0.1, 0.15) is 0 Å². The van der Waals surface area contributed by atoms with Gasteiger partial charge in [-0.3, -0.25) is 0 Å². The average molecular weight is 183 g/mol. The molecular formula is C3H5ClPd. The molecule has 0 saturated heterocycles. The first-order chi connectivity index (χ1) is 1.91. The third-order valence-electron chi connectivity index (χ3n) is 0.0913. The molecule has 0 amide bonds. The predicted molar refractivity (Wildman–Crippen MR) is 20.9 cm³/mol. The Morgan fingerprint density at radius 3 is 2.00 bits per heavy atom. The summed E-state index contributed by atoms with van der Waals surface area (Å²) < 4.78 is 0. The van der Waals surface area contributed by atoms with E-state index in [0.717, 1.165) is 4.89 Å². The molecule has 0 nitrogen and oxygen atoms in total. The van der Waals surface area contributed by atoms with E-state index < -0.39 is 0 Å². The summed E-state index contributed by atoms with van der Waals surface area (Å²) in [4.78, 5) is 0.933. The van der Waals surface area contributed by atoms with E-state index in [1.807, 2.05) is 6.08 Å². The molecule has 2 heteroatoms. The molecule has 0 aliphatic rings. The van der Waals surface area contributed by atoms with E-state index in [9.17, 15) is 0 Å². The Kier molecular flexibility index (Phi) is 16.2. The molecule has 5 heavy (non-hydrogen) atoms. The van der Waals surface area contributed by atoms with Gasteiger partial charge in [0, 0.05) is 12.4 Å². The molecule has 0 bridgehead atoms. The van der Waals surface area contributed by atoms with Gasteiger partial charge in [-0.1, -0.05) is 0 Å². The summed E-state index contributed by atoms with van der Waals surface area (Å²) in [7, 11) is 0. The summed E-state index contributed by atoms with van der Waals surface area (Å²) in [5, 5.41) is 0. The van der Waals surface area contributed by atoms with Crippen LogP contribution in [0.1, 0.15) is 0 Å². The number of rotatable bonds is 1. The maximum Gasteiger partial charge on any atom is 0 e. The van der Waals surface area contributed by atoms with Crippen LogP contribution in [0.4, 0.5) is 0 Å². The van der Waals surface area contributed by atoms with Crippen molar-refractivity contribution in [2.24, 2.45) is 0 Å². The minimum atomic E-state index is 0. The molecular weight excluding hydrogens is 178 g/mol. The third-order valence-corrected chi connectivity index (χ3v) is 0.540. The van der Waals surface area contributed by atoms with Crippen molar-refractivity contribution in [3.05, 3.63) is 12.7 Å². The van der Waals surface area contributed by atoms with Crippen molar-refractivity contribution in [1.29, 1.82) is 0 Å². The van der Waals surface area contributed by atoms with Crippen molar-refractivity contribution in [2.45, 2.75) is 4.89 Å². The monoisotopic (exact) mass is 182 g/mol. The van der Waals surface area contributed by atoms with Gasteiger partial charge in [0.2, 0.25) is 0 Å². The van der Waals surface area contributed by atoms with Crippen molar-refractivity contribution in [2.75, 3.05) is 0 Å². The molecule has 0 spiro atoms. The quantitative estimate of drug-likeness (QED) is 0.429. The smallest absolute Gasteiger partial charge is 0 e. The van der Waals surface area contributed by atoms with Crippen molar-refractivity contribution in [1.82, 2.24) is 0 Å². The fraction of sp³-hybridized carbons (Fsp3) is 0.333. The van der Waals surface area contributed by atoms with Crippen LogP contribution >= 0.6 is 12.4 Å². The number of allylic oxidation sites excluding steroid dienone is 1. The summed E-state index contributed by atoms with van der Waals surface area (Å²) in [6.45, 7) is 3.44. The molecule has 0 fully saturated rings. The Bertz CT molecular complexity index is 20.9. The summed E-state index contributed by atoms with van der Waals surface area (Å²) in [6.07, 6.45) is 1.81. The van der Waals surface area contributed by atoms with Crippen LogP contribution in [0.3, 0.4) is 0 Å². The average Bonchev–Trinajstić information content (AvgIpc) is 1.37. The Morgan fingerprint density at radius 1 is 1.80 bits per heavy atom. The standard InChI is InChI=1S/C3H5.Cl.Pd/c1-3-2;;/h3H,1-2H2;;. The molecule has 0 aliphatic heterocycles. The molecule has 0 aromatic rings.